The minimum Gasteiger partial charge on any atom is -0.207 e. The summed E-state index contributed by atoms with van der Waals surface area (Å²) < 4.78 is 29.0. The van der Waals surface area contributed by atoms with Crippen LogP contribution in [0.5, 0.6) is 0 Å². The van der Waals surface area contributed by atoms with Crippen LogP contribution < -0.4 is 0 Å². The van der Waals surface area contributed by atoms with Gasteiger partial charge in [0.2, 0.25) is 10.0 Å². The third-order valence-electron chi connectivity index (χ3n) is 3.84. The van der Waals surface area contributed by atoms with Crippen molar-refractivity contribution in [1.29, 1.82) is 0 Å². The average Bonchev–Trinajstić information content (AvgIpc) is 2.93. The van der Waals surface area contributed by atoms with Crippen molar-refractivity contribution in [2.75, 3.05) is 6.54 Å². The Labute approximate surface area is 143 Å². The molecule has 0 spiro atoms. The zero-order chi connectivity index (χ0) is 15.6. The number of benzene rings is 1. The summed E-state index contributed by atoms with van der Waals surface area (Å²) in [6.45, 7) is 5.99. The lowest BCUT2D eigenvalue weighted by molar-refractivity contribution is 0.347. The summed E-state index contributed by atoms with van der Waals surface area (Å²) >= 11 is 6.81. The van der Waals surface area contributed by atoms with Gasteiger partial charge < -0.3 is 0 Å². The number of halogens is 2. The average molecular weight is 437 g/mol. The van der Waals surface area contributed by atoms with Gasteiger partial charge in [0.15, 0.2) is 0 Å². The minimum atomic E-state index is -3.53. The second-order valence-electron chi connectivity index (χ2n) is 5.33. The minimum absolute atomic E-state index is 0.0833. The molecular formula is C15H19Br2NO2S. The standard InChI is InChI=1S/C15H19Br2NO2S/c1-3-8-18(12-6-4-5-7-12)21(19,20)15-10-13(16)11(2)9-14(15)17/h3,9-10,12H,1,4-8H2,2H3. The molecule has 1 aliphatic carbocycles. The van der Waals surface area contributed by atoms with Crippen molar-refractivity contribution in [3.8, 4) is 0 Å². The van der Waals surface area contributed by atoms with Gasteiger partial charge in [0.05, 0.1) is 4.90 Å². The molecule has 1 saturated carbocycles. The van der Waals surface area contributed by atoms with Gasteiger partial charge in [0.25, 0.3) is 0 Å². The molecule has 21 heavy (non-hydrogen) atoms. The quantitative estimate of drug-likeness (QED) is 0.630. The monoisotopic (exact) mass is 435 g/mol. The molecule has 1 fully saturated rings. The molecule has 1 aromatic carbocycles. The zero-order valence-electron chi connectivity index (χ0n) is 12.0. The molecule has 0 N–H and O–H groups in total. The number of rotatable bonds is 5. The second kappa shape index (κ2) is 6.94. The van der Waals surface area contributed by atoms with Crippen LogP contribution in [-0.2, 0) is 10.0 Å². The molecule has 0 saturated heterocycles. The molecule has 0 aromatic heterocycles. The number of sulfonamides is 1. The maximum absolute atomic E-state index is 13.0. The van der Waals surface area contributed by atoms with Crippen LogP contribution >= 0.6 is 31.9 Å². The first-order valence-corrected chi connectivity index (χ1v) is 9.99. The molecule has 0 bridgehead atoms. The van der Waals surface area contributed by atoms with Crippen molar-refractivity contribution in [3.05, 3.63) is 39.3 Å². The van der Waals surface area contributed by atoms with E-state index in [9.17, 15) is 8.42 Å². The highest BCUT2D eigenvalue weighted by molar-refractivity contribution is 9.11. The summed E-state index contributed by atoms with van der Waals surface area (Å²) in [5.41, 5.74) is 0.997. The fourth-order valence-corrected chi connectivity index (χ4v) is 6.01. The van der Waals surface area contributed by atoms with Crippen molar-refractivity contribution in [3.63, 3.8) is 0 Å². The van der Waals surface area contributed by atoms with Gasteiger partial charge in [0.1, 0.15) is 0 Å². The first-order valence-electron chi connectivity index (χ1n) is 6.96. The number of hydrogen-bond donors (Lipinski definition) is 0. The van der Waals surface area contributed by atoms with E-state index >= 15 is 0 Å². The molecular weight excluding hydrogens is 418 g/mol. The van der Waals surface area contributed by atoms with E-state index in [0.29, 0.717) is 15.9 Å². The number of hydrogen-bond acceptors (Lipinski definition) is 2. The van der Waals surface area contributed by atoms with Gasteiger partial charge >= 0.3 is 0 Å². The van der Waals surface area contributed by atoms with Crippen LogP contribution in [0.3, 0.4) is 0 Å². The fourth-order valence-electron chi connectivity index (χ4n) is 2.71. The Morgan fingerprint density at radius 1 is 1.29 bits per heavy atom. The van der Waals surface area contributed by atoms with Gasteiger partial charge in [-0.25, -0.2) is 8.42 Å². The van der Waals surface area contributed by atoms with Crippen LogP contribution in [0.4, 0.5) is 0 Å². The van der Waals surface area contributed by atoms with Crippen LogP contribution in [0.1, 0.15) is 31.2 Å². The van der Waals surface area contributed by atoms with Gasteiger partial charge in [-0.05, 0) is 53.4 Å². The van der Waals surface area contributed by atoms with Gasteiger partial charge in [-0.1, -0.05) is 34.8 Å². The van der Waals surface area contributed by atoms with Gasteiger partial charge in [-0.3, -0.25) is 0 Å². The van der Waals surface area contributed by atoms with Crippen LogP contribution in [0.2, 0.25) is 0 Å². The molecule has 3 nitrogen and oxygen atoms in total. The first kappa shape index (κ1) is 17.2. The molecule has 0 amide bonds. The van der Waals surface area contributed by atoms with Crippen molar-refractivity contribution in [2.45, 2.75) is 43.5 Å². The first-order chi connectivity index (χ1) is 9.87. The topological polar surface area (TPSA) is 37.4 Å². The highest BCUT2D eigenvalue weighted by Crippen LogP contribution is 2.34. The third kappa shape index (κ3) is 3.60. The van der Waals surface area contributed by atoms with Crippen molar-refractivity contribution in [1.82, 2.24) is 4.31 Å². The summed E-state index contributed by atoms with van der Waals surface area (Å²) in [6, 6.07) is 3.59. The van der Waals surface area contributed by atoms with Crippen LogP contribution in [-0.4, -0.2) is 25.3 Å². The predicted molar refractivity (Wildman–Crippen MR) is 92.9 cm³/mol. The Hall–Kier alpha value is -0.170. The molecule has 0 aliphatic heterocycles. The van der Waals surface area contributed by atoms with E-state index in [1.807, 2.05) is 13.0 Å². The molecule has 1 aliphatic rings. The molecule has 6 heteroatoms. The van der Waals surface area contributed by atoms with Gasteiger partial charge in [-0.2, -0.15) is 4.31 Å². The van der Waals surface area contributed by atoms with Crippen molar-refractivity contribution < 1.29 is 8.42 Å². The smallest absolute Gasteiger partial charge is 0.207 e. The van der Waals surface area contributed by atoms with E-state index in [4.69, 9.17) is 0 Å². The highest BCUT2D eigenvalue weighted by Gasteiger charge is 2.33. The normalized spacial score (nSPS) is 16.6. The Morgan fingerprint density at radius 2 is 1.90 bits per heavy atom. The predicted octanol–water partition coefficient (Wildman–Crippen LogP) is 4.64. The van der Waals surface area contributed by atoms with Crippen LogP contribution in [0.25, 0.3) is 0 Å². The van der Waals surface area contributed by atoms with Crippen molar-refractivity contribution in [2.24, 2.45) is 0 Å². The van der Waals surface area contributed by atoms with Crippen molar-refractivity contribution >= 4 is 41.9 Å². The maximum Gasteiger partial charge on any atom is 0.244 e. The van der Waals surface area contributed by atoms with Crippen LogP contribution in [0.15, 0.2) is 38.6 Å². The summed E-state index contributed by atoms with van der Waals surface area (Å²) in [5, 5.41) is 0. The zero-order valence-corrected chi connectivity index (χ0v) is 16.0. The van der Waals surface area contributed by atoms with Crippen LogP contribution in [0, 0.1) is 6.92 Å². The molecule has 116 valence electrons. The lowest BCUT2D eigenvalue weighted by Crippen LogP contribution is -2.39. The summed E-state index contributed by atoms with van der Waals surface area (Å²) in [4.78, 5) is 0.314. The lowest BCUT2D eigenvalue weighted by atomic mass is 10.2. The van der Waals surface area contributed by atoms with E-state index in [1.54, 1.807) is 16.4 Å². The molecule has 2 rings (SSSR count). The largest absolute Gasteiger partial charge is 0.244 e. The molecule has 0 radical (unpaired) electrons. The van der Waals surface area contributed by atoms with E-state index < -0.39 is 10.0 Å². The second-order valence-corrected chi connectivity index (χ2v) is 8.90. The summed E-state index contributed by atoms with van der Waals surface area (Å²) in [6.07, 6.45) is 5.70. The number of nitrogens with zero attached hydrogens (tertiary/aromatic N) is 1. The Bertz CT molecular complexity index is 637. The number of aryl methyl sites for hydroxylation is 1. The molecule has 1 aromatic rings. The Balaban J connectivity index is 2.47. The van der Waals surface area contributed by atoms with Gasteiger partial charge in [0, 0.05) is 21.5 Å². The highest BCUT2D eigenvalue weighted by atomic mass is 79.9. The Kier molecular flexibility index (Phi) is 5.68. The van der Waals surface area contributed by atoms with Gasteiger partial charge in [-0.15, -0.1) is 6.58 Å². The lowest BCUT2D eigenvalue weighted by Gasteiger charge is -2.27. The molecule has 0 atom stereocenters. The summed E-state index contributed by atoms with van der Waals surface area (Å²) in [7, 11) is -3.53. The summed E-state index contributed by atoms with van der Waals surface area (Å²) in [5.74, 6) is 0. The Morgan fingerprint density at radius 3 is 2.48 bits per heavy atom. The molecule has 0 unspecified atom stereocenters. The molecule has 0 heterocycles. The fraction of sp³-hybridized carbons (Fsp3) is 0.467. The third-order valence-corrected chi connectivity index (χ3v) is 7.57. The van der Waals surface area contributed by atoms with E-state index in [0.717, 1.165) is 35.7 Å². The van der Waals surface area contributed by atoms with E-state index in [-0.39, 0.29) is 6.04 Å². The van der Waals surface area contributed by atoms with E-state index in [2.05, 4.69) is 38.4 Å². The maximum atomic E-state index is 13.0. The SMILES string of the molecule is C=CCN(C1CCCC1)S(=O)(=O)c1cc(Br)c(C)cc1Br. The van der Waals surface area contributed by atoms with E-state index in [1.165, 1.54) is 0 Å².